The molecule has 2 unspecified atom stereocenters. The van der Waals surface area contributed by atoms with Crippen molar-refractivity contribution < 1.29 is 19.4 Å². The maximum absolute atomic E-state index is 11.8. The molecular formula is C27H21ClN2O4S. The van der Waals surface area contributed by atoms with E-state index in [-0.39, 0.29) is 6.79 Å². The van der Waals surface area contributed by atoms with Gasteiger partial charge in [0, 0.05) is 46.2 Å². The van der Waals surface area contributed by atoms with Crippen molar-refractivity contribution in [2.75, 3.05) is 6.79 Å². The number of benzene rings is 2. The van der Waals surface area contributed by atoms with Gasteiger partial charge in [-0.25, -0.2) is 0 Å². The van der Waals surface area contributed by atoms with Crippen molar-refractivity contribution in [2.45, 2.75) is 18.1 Å². The minimum atomic E-state index is -1.06. The summed E-state index contributed by atoms with van der Waals surface area (Å²) >= 11 is 7.79. The van der Waals surface area contributed by atoms with E-state index in [1.807, 2.05) is 71.4 Å². The fourth-order valence-electron chi connectivity index (χ4n) is 4.65. The van der Waals surface area contributed by atoms with Gasteiger partial charge in [0.05, 0.1) is 0 Å². The maximum Gasteiger partial charge on any atom is 0.231 e. The SMILES string of the molecule is OC(C1=C(Cc2ccc3c(c2)OCO3)NOC1(c1ccc(Cl)cc1)c1ccsc1)c1cccnc1. The third-order valence-corrected chi connectivity index (χ3v) is 7.24. The molecule has 4 aromatic rings. The van der Waals surface area contributed by atoms with Gasteiger partial charge >= 0.3 is 0 Å². The van der Waals surface area contributed by atoms with Gasteiger partial charge in [0.15, 0.2) is 17.1 Å². The molecule has 2 aromatic heterocycles. The molecule has 2 atom stereocenters. The lowest BCUT2D eigenvalue weighted by molar-refractivity contribution is -0.0306. The zero-order valence-electron chi connectivity index (χ0n) is 18.5. The van der Waals surface area contributed by atoms with Crippen LogP contribution in [0.3, 0.4) is 0 Å². The number of nitrogens with zero attached hydrogens (tertiary/aromatic N) is 1. The number of aromatic nitrogens is 1. The van der Waals surface area contributed by atoms with Crippen molar-refractivity contribution in [1.82, 2.24) is 10.5 Å². The number of pyridine rings is 1. The average molecular weight is 505 g/mol. The lowest BCUT2D eigenvalue weighted by Crippen LogP contribution is -2.33. The molecule has 2 aliphatic rings. The second kappa shape index (κ2) is 9.02. The molecular weight excluding hydrogens is 484 g/mol. The van der Waals surface area contributed by atoms with Crippen LogP contribution in [0.5, 0.6) is 11.5 Å². The lowest BCUT2D eigenvalue weighted by atomic mass is 9.76. The van der Waals surface area contributed by atoms with Gasteiger partial charge in [-0.05, 0) is 58.3 Å². The number of allylic oxidation sites excluding steroid dienone is 1. The number of fused-ring (bicyclic) bond motifs is 1. The van der Waals surface area contributed by atoms with Crippen LogP contribution in [0.4, 0.5) is 0 Å². The monoisotopic (exact) mass is 504 g/mol. The zero-order valence-corrected chi connectivity index (χ0v) is 20.1. The van der Waals surface area contributed by atoms with Gasteiger partial charge in [-0.3, -0.25) is 15.3 Å². The van der Waals surface area contributed by atoms with Crippen molar-refractivity contribution in [2.24, 2.45) is 0 Å². The van der Waals surface area contributed by atoms with Crippen LogP contribution < -0.4 is 15.0 Å². The summed E-state index contributed by atoms with van der Waals surface area (Å²) in [7, 11) is 0. The maximum atomic E-state index is 11.8. The molecule has 0 radical (unpaired) electrons. The molecule has 4 heterocycles. The molecule has 6 rings (SSSR count). The van der Waals surface area contributed by atoms with E-state index in [0.29, 0.717) is 28.3 Å². The first-order valence-corrected chi connectivity index (χ1v) is 12.4. The number of aliphatic hydroxyl groups is 1. The van der Waals surface area contributed by atoms with Gasteiger partial charge in [0.25, 0.3) is 0 Å². The largest absolute Gasteiger partial charge is 0.454 e. The molecule has 0 aliphatic carbocycles. The van der Waals surface area contributed by atoms with Gasteiger partial charge in [0.1, 0.15) is 6.10 Å². The summed E-state index contributed by atoms with van der Waals surface area (Å²) in [6, 6.07) is 19.1. The van der Waals surface area contributed by atoms with E-state index < -0.39 is 11.7 Å². The van der Waals surface area contributed by atoms with Crippen LogP contribution in [0.1, 0.15) is 28.4 Å². The average Bonchev–Trinajstić information content (AvgIpc) is 3.65. The highest BCUT2D eigenvalue weighted by Gasteiger charge is 2.49. The second-order valence-electron chi connectivity index (χ2n) is 8.35. The first kappa shape index (κ1) is 22.1. The number of hydrogen-bond acceptors (Lipinski definition) is 7. The molecule has 2 N–H and O–H groups in total. The third-order valence-electron chi connectivity index (χ3n) is 6.30. The first-order valence-electron chi connectivity index (χ1n) is 11.1. The minimum Gasteiger partial charge on any atom is -0.454 e. The fourth-order valence-corrected chi connectivity index (χ4v) is 5.47. The number of ether oxygens (including phenoxy) is 2. The Morgan fingerprint density at radius 3 is 2.69 bits per heavy atom. The van der Waals surface area contributed by atoms with E-state index in [9.17, 15) is 5.11 Å². The van der Waals surface area contributed by atoms with E-state index in [2.05, 4.69) is 10.5 Å². The fraction of sp³-hybridized carbons (Fsp3) is 0.148. The van der Waals surface area contributed by atoms with Crippen LogP contribution in [-0.2, 0) is 16.9 Å². The molecule has 6 nitrogen and oxygen atoms in total. The summed E-state index contributed by atoms with van der Waals surface area (Å²) in [6.45, 7) is 0.214. The van der Waals surface area contributed by atoms with Gasteiger partial charge in [0.2, 0.25) is 6.79 Å². The molecule has 176 valence electrons. The highest BCUT2D eigenvalue weighted by Crippen LogP contribution is 2.50. The van der Waals surface area contributed by atoms with Crippen LogP contribution in [0.2, 0.25) is 5.02 Å². The number of rotatable bonds is 6. The number of hydroxylamine groups is 1. The molecule has 0 saturated carbocycles. The summed E-state index contributed by atoms with van der Waals surface area (Å²) in [4.78, 5) is 10.7. The number of thiophene rings is 1. The minimum absolute atomic E-state index is 0.214. The van der Waals surface area contributed by atoms with E-state index in [0.717, 1.165) is 28.1 Å². The number of halogens is 1. The molecule has 0 spiro atoms. The number of aliphatic hydroxyl groups excluding tert-OH is 1. The Bertz CT molecular complexity index is 1380. The van der Waals surface area contributed by atoms with Crippen molar-refractivity contribution in [3.05, 3.63) is 122 Å². The quantitative estimate of drug-likeness (QED) is 0.359. The Kier molecular flexibility index (Phi) is 5.70. The van der Waals surface area contributed by atoms with Gasteiger partial charge < -0.3 is 14.6 Å². The van der Waals surface area contributed by atoms with Gasteiger partial charge in [-0.2, -0.15) is 11.3 Å². The predicted octanol–water partition coefficient (Wildman–Crippen LogP) is 5.53. The highest BCUT2D eigenvalue weighted by molar-refractivity contribution is 7.08. The molecule has 0 saturated heterocycles. The molecule has 2 aliphatic heterocycles. The van der Waals surface area contributed by atoms with Crippen LogP contribution in [0.15, 0.2) is 95.1 Å². The summed E-state index contributed by atoms with van der Waals surface area (Å²) in [5.74, 6) is 1.43. The van der Waals surface area contributed by atoms with Crippen molar-refractivity contribution >= 4 is 22.9 Å². The molecule has 0 fully saturated rings. The van der Waals surface area contributed by atoms with Crippen molar-refractivity contribution in [3.8, 4) is 11.5 Å². The lowest BCUT2D eigenvalue weighted by Gasteiger charge is -2.32. The zero-order chi connectivity index (χ0) is 23.8. The second-order valence-corrected chi connectivity index (χ2v) is 9.57. The van der Waals surface area contributed by atoms with E-state index >= 15 is 0 Å². The molecule has 35 heavy (non-hydrogen) atoms. The third kappa shape index (κ3) is 3.86. The smallest absolute Gasteiger partial charge is 0.231 e. The summed E-state index contributed by atoms with van der Waals surface area (Å²) in [6.07, 6.45) is 2.88. The highest BCUT2D eigenvalue weighted by atomic mass is 35.5. The number of nitrogens with one attached hydrogen (secondary N) is 1. The summed E-state index contributed by atoms with van der Waals surface area (Å²) in [5.41, 5.74) is 7.00. The van der Waals surface area contributed by atoms with Gasteiger partial charge in [-0.15, -0.1) is 0 Å². The Morgan fingerprint density at radius 2 is 1.91 bits per heavy atom. The summed E-state index contributed by atoms with van der Waals surface area (Å²) < 4.78 is 11.0. The van der Waals surface area contributed by atoms with Gasteiger partial charge in [-0.1, -0.05) is 35.9 Å². The van der Waals surface area contributed by atoms with E-state index in [4.69, 9.17) is 25.9 Å². The Balaban J connectivity index is 1.53. The molecule has 0 bridgehead atoms. The van der Waals surface area contributed by atoms with Crippen molar-refractivity contribution in [1.29, 1.82) is 0 Å². The Labute approximate surface area is 211 Å². The van der Waals surface area contributed by atoms with Crippen LogP contribution in [0.25, 0.3) is 0 Å². The van der Waals surface area contributed by atoms with E-state index in [1.165, 1.54) is 0 Å². The van der Waals surface area contributed by atoms with Crippen LogP contribution >= 0.6 is 22.9 Å². The van der Waals surface area contributed by atoms with Crippen molar-refractivity contribution in [3.63, 3.8) is 0 Å². The topological polar surface area (TPSA) is 72.8 Å². The summed E-state index contributed by atoms with van der Waals surface area (Å²) in [5, 5.41) is 16.5. The standard InChI is InChI=1S/C27H21ClN2O4S/c28-21-6-4-19(5-7-21)27(20-9-11-35-15-20)25(26(31)18-2-1-10-29-14-18)22(30-34-27)12-17-3-8-23-24(13-17)33-16-32-23/h1-11,13-15,26,30-31H,12,16H2. The predicted molar refractivity (Wildman–Crippen MR) is 133 cm³/mol. The number of hydrogen-bond donors (Lipinski definition) is 2. The van der Waals surface area contributed by atoms with Crippen LogP contribution in [0, 0.1) is 0 Å². The molecule has 8 heteroatoms. The van der Waals surface area contributed by atoms with Crippen LogP contribution in [-0.4, -0.2) is 16.9 Å². The van der Waals surface area contributed by atoms with E-state index in [1.54, 1.807) is 23.7 Å². The first-order chi connectivity index (χ1) is 17.1. The normalized spacial score (nSPS) is 19.6. The Morgan fingerprint density at radius 1 is 1.06 bits per heavy atom. The molecule has 2 aromatic carbocycles. The molecule has 0 amide bonds. The Hall–Kier alpha value is -3.36.